The van der Waals surface area contributed by atoms with E-state index in [0.717, 1.165) is 24.6 Å². The molecule has 0 aliphatic carbocycles. The van der Waals surface area contributed by atoms with Crippen molar-refractivity contribution in [3.63, 3.8) is 0 Å². The van der Waals surface area contributed by atoms with Gasteiger partial charge in [0.05, 0.1) is 6.61 Å². The van der Waals surface area contributed by atoms with E-state index in [9.17, 15) is 0 Å². The highest BCUT2D eigenvalue weighted by Gasteiger charge is 2.06. The van der Waals surface area contributed by atoms with Crippen LogP contribution in [-0.2, 0) is 0 Å². The van der Waals surface area contributed by atoms with E-state index in [1.807, 2.05) is 24.3 Å². The predicted octanol–water partition coefficient (Wildman–Crippen LogP) is 3.12. The summed E-state index contributed by atoms with van der Waals surface area (Å²) in [5.41, 5.74) is 7.07. The van der Waals surface area contributed by atoms with Crippen molar-refractivity contribution in [2.24, 2.45) is 17.6 Å². The summed E-state index contributed by atoms with van der Waals surface area (Å²) in [5, 5.41) is 3.34. The lowest BCUT2D eigenvalue weighted by atomic mass is 10.1. The molecule has 18 heavy (non-hydrogen) atoms. The minimum atomic E-state index is 0.182. The SMILES string of the molecule is CC(C)COc1ccc(NCC(N)C(C)C)cc1. The van der Waals surface area contributed by atoms with Gasteiger partial charge in [-0.05, 0) is 36.1 Å². The van der Waals surface area contributed by atoms with Crippen molar-refractivity contribution in [3.8, 4) is 5.75 Å². The summed E-state index contributed by atoms with van der Waals surface area (Å²) >= 11 is 0. The number of benzene rings is 1. The number of anilines is 1. The highest BCUT2D eigenvalue weighted by molar-refractivity contribution is 5.46. The van der Waals surface area contributed by atoms with Crippen LogP contribution in [0, 0.1) is 11.8 Å². The topological polar surface area (TPSA) is 47.3 Å². The highest BCUT2D eigenvalue weighted by atomic mass is 16.5. The van der Waals surface area contributed by atoms with Crippen LogP contribution in [0.2, 0.25) is 0 Å². The second-order valence-corrected chi connectivity index (χ2v) is 5.52. The zero-order valence-electron chi connectivity index (χ0n) is 11.9. The molecule has 0 aromatic heterocycles. The molecule has 0 bridgehead atoms. The van der Waals surface area contributed by atoms with Gasteiger partial charge in [-0.2, -0.15) is 0 Å². The third-order valence-electron chi connectivity index (χ3n) is 2.84. The van der Waals surface area contributed by atoms with Crippen molar-refractivity contribution in [1.29, 1.82) is 0 Å². The molecule has 0 aliphatic heterocycles. The number of rotatable bonds is 7. The fourth-order valence-corrected chi connectivity index (χ4v) is 1.40. The smallest absolute Gasteiger partial charge is 0.119 e. The molecule has 0 saturated carbocycles. The maximum absolute atomic E-state index is 5.99. The van der Waals surface area contributed by atoms with E-state index in [2.05, 4.69) is 33.0 Å². The zero-order chi connectivity index (χ0) is 13.5. The summed E-state index contributed by atoms with van der Waals surface area (Å²) in [4.78, 5) is 0. The maximum Gasteiger partial charge on any atom is 0.119 e. The average Bonchev–Trinajstić information content (AvgIpc) is 2.34. The zero-order valence-corrected chi connectivity index (χ0v) is 11.9. The van der Waals surface area contributed by atoms with Gasteiger partial charge in [0.2, 0.25) is 0 Å². The van der Waals surface area contributed by atoms with Crippen LogP contribution in [0.5, 0.6) is 5.75 Å². The summed E-state index contributed by atoms with van der Waals surface area (Å²) < 4.78 is 5.63. The van der Waals surface area contributed by atoms with E-state index in [0.29, 0.717) is 11.8 Å². The van der Waals surface area contributed by atoms with Crippen molar-refractivity contribution in [3.05, 3.63) is 24.3 Å². The molecular formula is C15H26N2O. The fraction of sp³-hybridized carbons (Fsp3) is 0.600. The van der Waals surface area contributed by atoms with Gasteiger partial charge in [-0.25, -0.2) is 0 Å². The van der Waals surface area contributed by atoms with Crippen LogP contribution < -0.4 is 15.8 Å². The molecule has 0 heterocycles. The minimum Gasteiger partial charge on any atom is -0.493 e. The number of nitrogens with two attached hydrogens (primary N) is 1. The summed E-state index contributed by atoms with van der Waals surface area (Å²) in [5.74, 6) is 1.96. The van der Waals surface area contributed by atoms with Gasteiger partial charge in [0, 0.05) is 18.3 Å². The first kappa shape index (κ1) is 14.8. The third kappa shape index (κ3) is 5.41. The second-order valence-electron chi connectivity index (χ2n) is 5.52. The molecule has 0 aliphatic rings. The first-order valence-corrected chi connectivity index (χ1v) is 6.71. The average molecular weight is 250 g/mol. The lowest BCUT2D eigenvalue weighted by Crippen LogP contribution is -2.33. The number of hydrogen-bond acceptors (Lipinski definition) is 3. The molecule has 1 rings (SSSR count). The van der Waals surface area contributed by atoms with Gasteiger partial charge in [-0.15, -0.1) is 0 Å². The maximum atomic E-state index is 5.99. The highest BCUT2D eigenvalue weighted by Crippen LogP contribution is 2.16. The summed E-state index contributed by atoms with van der Waals surface area (Å²) in [7, 11) is 0. The van der Waals surface area contributed by atoms with Crippen LogP contribution >= 0.6 is 0 Å². The van der Waals surface area contributed by atoms with E-state index < -0.39 is 0 Å². The van der Waals surface area contributed by atoms with Crippen LogP contribution in [-0.4, -0.2) is 19.2 Å². The third-order valence-corrected chi connectivity index (χ3v) is 2.84. The quantitative estimate of drug-likeness (QED) is 0.781. The standard InChI is InChI=1S/C15H26N2O/c1-11(2)10-18-14-7-5-13(6-8-14)17-9-15(16)12(3)4/h5-8,11-12,15,17H,9-10,16H2,1-4H3. The van der Waals surface area contributed by atoms with E-state index in [-0.39, 0.29) is 6.04 Å². The Morgan fingerprint density at radius 1 is 1.11 bits per heavy atom. The normalized spacial score (nSPS) is 12.8. The van der Waals surface area contributed by atoms with E-state index in [1.54, 1.807) is 0 Å². The van der Waals surface area contributed by atoms with E-state index in [1.165, 1.54) is 0 Å². The van der Waals surface area contributed by atoms with Gasteiger partial charge in [0.15, 0.2) is 0 Å². The Kier molecular flexibility index (Phi) is 5.99. The Hall–Kier alpha value is -1.22. The molecule has 0 saturated heterocycles. The van der Waals surface area contributed by atoms with Crippen LogP contribution in [0.3, 0.4) is 0 Å². The van der Waals surface area contributed by atoms with Crippen molar-refractivity contribution in [1.82, 2.24) is 0 Å². The van der Waals surface area contributed by atoms with Crippen LogP contribution in [0.1, 0.15) is 27.7 Å². The number of ether oxygens (including phenoxy) is 1. The summed E-state index contributed by atoms with van der Waals surface area (Å²) in [6.45, 7) is 10.1. The first-order valence-electron chi connectivity index (χ1n) is 6.71. The molecule has 0 radical (unpaired) electrons. The Labute approximate surface area is 111 Å². The Bertz CT molecular complexity index is 333. The number of hydrogen-bond donors (Lipinski definition) is 2. The summed E-state index contributed by atoms with van der Waals surface area (Å²) in [6, 6.07) is 8.23. The molecule has 1 unspecified atom stereocenters. The van der Waals surface area contributed by atoms with Crippen LogP contribution in [0.25, 0.3) is 0 Å². The monoisotopic (exact) mass is 250 g/mol. The summed E-state index contributed by atoms with van der Waals surface area (Å²) in [6.07, 6.45) is 0. The molecule has 1 aromatic carbocycles. The molecule has 0 amide bonds. The van der Waals surface area contributed by atoms with Crippen molar-refractivity contribution < 1.29 is 4.74 Å². The minimum absolute atomic E-state index is 0.182. The molecule has 3 nitrogen and oxygen atoms in total. The molecule has 102 valence electrons. The lowest BCUT2D eigenvalue weighted by Gasteiger charge is -2.17. The first-order chi connectivity index (χ1) is 8.49. The van der Waals surface area contributed by atoms with Gasteiger partial charge >= 0.3 is 0 Å². The Morgan fingerprint density at radius 3 is 2.22 bits per heavy atom. The van der Waals surface area contributed by atoms with Gasteiger partial charge in [0.25, 0.3) is 0 Å². The largest absolute Gasteiger partial charge is 0.493 e. The van der Waals surface area contributed by atoms with Gasteiger partial charge in [-0.1, -0.05) is 27.7 Å². The number of nitrogens with one attached hydrogen (secondary N) is 1. The molecule has 3 heteroatoms. The fourth-order valence-electron chi connectivity index (χ4n) is 1.40. The van der Waals surface area contributed by atoms with Gasteiger partial charge in [-0.3, -0.25) is 0 Å². The van der Waals surface area contributed by atoms with E-state index in [4.69, 9.17) is 10.5 Å². The van der Waals surface area contributed by atoms with Gasteiger partial charge < -0.3 is 15.8 Å². The Morgan fingerprint density at radius 2 is 1.72 bits per heavy atom. The molecule has 1 atom stereocenters. The second kappa shape index (κ2) is 7.27. The van der Waals surface area contributed by atoms with Crippen molar-refractivity contribution in [2.45, 2.75) is 33.7 Å². The lowest BCUT2D eigenvalue weighted by molar-refractivity contribution is 0.271. The molecule has 3 N–H and O–H groups in total. The van der Waals surface area contributed by atoms with Crippen LogP contribution in [0.4, 0.5) is 5.69 Å². The molecular weight excluding hydrogens is 224 g/mol. The van der Waals surface area contributed by atoms with Crippen molar-refractivity contribution >= 4 is 5.69 Å². The van der Waals surface area contributed by atoms with Crippen LogP contribution in [0.15, 0.2) is 24.3 Å². The van der Waals surface area contributed by atoms with Crippen molar-refractivity contribution in [2.75, 3.05) is 18.5 Å². The molecule has 0 spiro atoms. The molecule has 1 aromatic rings. The van der Waals surface area contributed by atoms with E-state index >= 15 is 0 Å². The Balaban J connectivity index is 2.40. The van der Waals surface area contributed by atoms with Gasteiger partial charge in [0.1, 0.15) is 5.75 Å². The predicted molar refractivity (Wildman–Crippen MR) is 78.1 cm³/mol. The molecule has 0 fully saturated rings.